The highest BCUT2D eigenvalue weighted by atomic mass is 16.4. The van der Waals surface area contributed by atoms with Gasteiger partial charge >= 0.3 is 5.97 Å². The van der Waals surface area contributed by atoms with Crippen LogP contribution >= 0.6 is 0 Å². The zero-order chi connectivity index (χ0) is 11.5. The highest BCUT2D eigenvalue weighted by Crippen LogP contribution is 2.21. The van der Waals surface area contributed by atoms with Crippen LogP contribution in [0.1, 0.15) is 25.7 Å². The summed E-state index contributed by atoms with van der Waals surface area (Å²) in [6.45, 7) is 2.25. The van der Waals surface area contributed by atoms with Crippen molar-refractivity contribution < 1.29 is 14.7 Å². The number of carbonyl (C=O) groups is 2. The number of amides is 1. The lowest BCUT2D eigenvalue weighted by Crippen LogP contribution is -2.42. The first kappa shape index (κ1) is 11.4. The molecule has 5 nitrogen and oxygen atoms in total. The van der Waals surface area contributed by atoms with Crippen LogP contribution in [0.4, 0.5) is 0 Å². The molecule has 0 aromatic heterocycles. The third-order valence-corrected chi connectivity index (χ3v) is 3.42. The molecule has 2 unspecified atom stereocenters. The molecule has 2 saturated heterocycles. The maximum absolute atomic E-state index is 12.0. The Hall–Kier alpha value is -1.10. The SMILES string of the molecule is O=C(O)CC1CCN(C(=O)C2CCCN2)C1. The third-order valence-electron chi connectivity index (χ3n) is 3.42. The number of aliphatic carboxylic acids is 1. The highest BCUT2D eigenvalue weighted by Gasteiger charge is 2.32. The summed E-state index contributed by atoms with van der Waals surface area (Å²) in [7, 11) is 0. The normalized spacial score (nSPS) is 29.6. The van der Waals surface area contributed by atoms with Crippen LogP contribution in [0.5, 0.6) is 0 Å². The summed E-state index contributed by atoms with van der Waals surface area (Å²) in [5, 5.41) is 11.9. The molecule has 5 heteroatoms. The average Bonchev–Trinajstić information content (AvgIpc) is 2.84. The van der Waals surface area contributed by atoms with Crippen molar-refractivity contribution in [1.82, 2.24) is 10.2 Å². The van der Waals surface area contributed by atoms with Gasteiger partial charge in [0.2, 0.25) is 5.91 Å². The topological polar surface area (TPSA) is 69.6 Å². The molecular weight excluding hydrogens is 208 g/mol. The molecule has 2 rings (SSSR count). The van der Waals surface area contributed by atoms with Crippen LogP contribution in [0.3, 0.4) is 0 Å². The fraction of sp³-hybridized carbons (Fsp3) is 0.818. The van der Waals surface area contributed by atoms with E-state index in [4.69, 9.17) is 5.11 Å². The lowest BCUT2D eigenvalue weighted by molar-refractivity contribution is -0.138. The fourth-order valence-electron chi connectivity index (χ4n) is 2.56. The van der Waals surface area contributed by atoms with Crippen LogP contribution in [-0.2, 0) is 9.59 Å². The fourth-order valence-corrected chi connectivity index (χ4v) is 2.56. The van der Waals surface area contributed by atoms with E-state index >= 15 is 0 Å². The first-order valence-electron chi connectivity index (χ1n) is 5.91. The van der Waals surface area contributed by atoms with E-state index in [2.05, 4.69) is 5.32 Å². The zero-order valence-electron chi connectivity index (χ0n) is 9.32. The van der Waals surface area contributed by atoms with Gasteiger partial charge in [-0.05, 0) is 31.7 Å². The first-order valence-corrected chi connectivity index (χ1v) is 5.91. The van der Waals surface area contributed by atoms with E-state index in [1.165, 1.54) is 0 Å². The third kappa shape index (κ3) is 2.52. The van der Waals surface area contributed by atoms with Crippen molar-refractivity contribution in [1.29, 1.82) is 0 Å². The Balaban J connectivity index is 1.83. The van der Waals surface area contributed by atoms with Gasteiger partial charge in [-0.2, -0.15) is 0 Å². The molecule has 0 aromatic rings. The van der Waals surface area contributed by atoms with Gasteiger partial charge in [0, 0.05) is 19.5 Å². The second-order valence-corrected chi connectivity index (χ2v) is 4.69. The van der Waals surface area contributed by atoms with Crippen molar-refractivity contribution >= 4 is 11.9 Å². The molecule has 0 aliphatic carbocycles. The monoisotopic (exact) mass is 226 g/mol. The summed E-state index contributed by atoms with van der Waals surface area (Å²) in [4.78, 5) is 24.4. The summed E-state index contributed by atoms with van der Waals surface area (Å²) in [5.74, 6) is -0.466. The van der Waals surface area contributed by atoms with Crippen LogP contribution in [-0.4, -0.2) is 47.6 Å². The Morgan fingerprint density at radius 1 is 1.38 bits per heavy atom. The molecule has 2 N–H and O–H groups in total. The van der Waals surface area contributed by atoms with E-state index in [0.29, 0.717) is 6.54 Å². The average molecular weight is 226 g/mol. The minimum atomic E-state index is -0.765. The van der Waals surface area contributed by atoms with Gasteiger partial charge in [-0.15, -0.1) is 0 Å². The molecule has 0 bridgehead atoms. The number of nitrogens with zero attached hydrogens (tertiary/aromatic N) is 1. The quantitative estimate of drug-likeness (QED) is 0.714. The largest absolute Gasteiger partial charge is 0.481 e. The Bertz CT molecular complexity index is 287. The standard InChI is InChI=1S/C11H18N2O3/c14-10(15)6-8-3-5-13(7-8)11(16)9-2-1-4-12-9/h8-9,12H,1-7H2,(H,14,15). The molecule has 2 fully saturated rings. The maximum Gasteiger partial charge on any atom is 0.303 e. The van der Waals surface area contributed by atoms with Crippen molar-refractivity contribution in [2.75, 3.05) is 19.6 Å². The molecule has 0 aromatic carbocycles. The summed E-state index contributed by atoms with van der Waals surface area (Å²) >= 11 is 0. The number of carboxylic acid groups (broad SMARTS) is 1. The van der Waals surface area contributed by atoms with E-state index in [9.17, 15) is 9.59 Å². The number of carboxylic acids is 1. The van der Waals surface area contributed by atoms with E-state index in [0.717, 1.165) is 32.4 Å². The molecule has 16 heavy (non-hydrogen) atoms. The van der Waals surface area contributed by atoms with Gasteiger partial charge in [0.05, 0.1) is 6.04 Å². The van der Waals surface area contributed by atoms with Gasteiger partial charge in [0.15, 0.2) is 0 Å². The number of hydrogen-bond acceptors (Lipinski definition) is 3. The lowest BCUT2D eigenvalue weighted by Gasteiger charge is -2.20. The van der Waals surface area contributed by atoms with Gasteiger partial charge in [-0.25, -0.2) is 0 Å². The molecule has 90 valence electrons. The van der Waals surface area contributed by atoms with Gasteiger partial charge in [0.1, 0.15) is 0 Å². The second kappa shape index (κ2) is 4.82. The number of rotatable bonds is 3. The maximum atomic E-state index is 12.0. The molecule has 0 radical (unpaired) electrons. The van der Waals surface area contributed by atoms with Gasteiger partial charge in [-0.1, -0.05) is 0 Å². The van der Waals surface area contributed by atoms with Gasteiger partial charge in [-0.3, -0.25) is 9.59 Å². The molecular formula is C11H18N2O3. The lowest BCUT2D eigenvalue weighted by atomic mass is 10.1. The van der Waals surface area contributed by atoms with Crippen LogP contribution < -0.4 is 5.32 Å². The Labute approximate surface area is 94.8 Å². The van der Waals surface area contributed by atoms with Crippen molar-refractivity contribution in [2.24, 2.45) is 5.92 Å². The van der Waals surface area contributed by atoms with Gasteiger partial charge in [0.25, 0.3) is 0 Å². The smallest absolute Gasteiger partial charge is 0.303 e. The minimum Gasteiger partial charge on any atom is -0.481 e. The number of likely N-dealkylation sites (tertiary alicyclic amines) is 1. The van der Waals surface area contributed by atoms with Crippen LogP contribution in [0.15, 0.2) is 0 Å². The Kier molecular flexibility index (Phi) is 3.43. The second-order valence-electron chi connectivity index (χ2n) is 4.69. The predicted molar refractivity (Wildman–Crippen MR) is 58.0 cm³/mol. The number of carbonyl (C=O) groups excluding carboxylic acids is 1. The van der Waals surface area contributed by atoms with Crippen molar-refractivity contribution in [2.45, 2.75) is 31.7 Å². The molecule has 0 saturated carbocycles. The molecule has 2 heterocycles. The summed E-state index contributed by atoms with van der Waals surface area (Å²) in [6.07, 6.45) is 2.98. The van der Waals surface area contributed by atoms with E-state index in [1.54, 1.807) is 0 Å². The summed E-state index contributed by atoms with van der Waals surface area (Å²) in [6, 6.07) is -0.0245. The number of nitrogens with one attached hydrogen (secondary N) is 1. The number of hydrogen-bond donors (Lipinski definition) is 2. The van der Waals surface area contributed by atoms with Crippen LogP contribution in [0.25, 0.3) is 0 Å². The predicted octanol–water partition coefficient (Wildman–Crippen LogP) is 0.0616. The minimum absolute atomic E-state index is 0.0245. The molecule has 2 aliphatic heterocycles. The van der Waals surface area contributed by atoms with Crippen LogP contribution in [0.2, 0.25) is 0 Å². The zero-order valence-corrected chi connectivity index (χ0v) is 9.32. The van der Waals surface area contributed by atoms with E-state index < -0.39 is 5.97 Å². The highest BCUT2D eigenvalue weighted by molar-refractivity contribution is 5.82. The van der Waals surface area contributed by atoms with Crippen molar-refractivity contribution in [3.05, 3.63) is 0 Å². The summed E-state index contributed by atoms with van der Waals surface area (Å²) < 4.78 is 0. The van der Waals surface area contributed by atoms with Crippen molar-refractivity contribution in [3.63, 3.8) is 0 Å². The first-order chi connectivity index (χ1) is 7.66. The Morgan fingerprint density at radius 3 is 2.81 bits per heavy atom. The molecule has 2 atom stereocenters. The molecule has 2 aliphatic rings. The molecule has 0 spiro atoms. The summed E-state index contributed by atoms with van der Waals surface area (Å²) in [5.41, 5.74) is 0. The van der Waals surface area contributed by atoms with E-state index in [1.807, 2.05) is 4.90 Å². The van der Waals surface area contributed by atoms with E-state index in [-0.39, 0.29) is 24.3 Å². The van der Waals surface area contributed by atoms with Gasteiger partial charge < -0.3 is 15.3 Å². The molecule has 1 amide bonds. The Morgan fingerprint density at radius 2 is 2.19 bits per heavy atom. The van der Waals surface area contributed by atoms with Crippen molar-refractivity contribution in [3.8, 4) is 0 Å². The van der Waals surface area contributed by atoms with Crippen LogP contribution in [0, 0.1) is 5.92 Å².